The highest BCUT2D eigenvalue weighted by molar-refractivity contribution is 5.79. The van der Waals surface area contributed by atoms with Crippen molar-refractivity contribution in [2.75, 3.05) is 34.3 Å². The Bertz CT molecular complexity index is 801. The monoisotopic (exact) mass is 369 g/mol. The SMILES string of the molecule is COc1ccc(-c2cn(C[C@H]3C[C@@H]4CCN3C[C@@H]4C(=O)N(C)C)nn2)cc1. The fourth-order valence-electron chi connectivity index (χ4n) is 4.44. The lowest BCUT2D eigenvalue weighted by Crippen LogP contribution is -2.57. The van der Waals surface area contributed by atoms with Gasteiger partial charge in [-0.3, -0.25) is 14.4 Å². The maximum Gasteiger partial charge on any atom is 0.226 e. The van der Waals surface area contributed by atoms with E-state index >= 15 is 0 Å². The standard InChI is InChI=1S/C20H27N5O2/c1-23(2)20(26)18-12-24-9-8-15(18)10-16(24)11-25-13-19(21-22-25)14-4-6-17(27-3)7-5-14/h4-7,13,15-16,18H,8-12H2,1-3H3/t15-,16+,18-/m0/s1. The molecule has 3 aliphatic rings. The second kappa shape index (κ2) is 7.31. The smallest absolute Gasteiger partial charge is 0.226 e. The molecule has 4 atom stereocenters. The Labute approximate surface area is 159 Å². The van der Waals surface area contributed by atoms with Crippen LogP contribution in [-0.4, -0.2) is 71.0 Å². The van der Waals surface area contributed by atoms with E-state index in [1.807, 2.05) is 49.2 Å². The van der Waals surface area contributed by atoms with E-state index in [4.69, 9.17) is 4.74 Å². The second-order valence-electron chi connectivity index (χ2n) is 7.83. The van der Waals surface area contributed by atoms with Crippen molar-refractivity contribution in [3.63, 3.8) is 0 Å². The molecule has 0 aliphatic carbocycles. The van der Waals surface area contributed by atoms with Crippen molar-refractivity contribution in [3.05, 3.63) is 30.5 Å². The van der Waals surface area contributed by atoms with Gasteiger partial charge in [-0.05, 0) is 49.6 Å². The Morgan fingerprint density at radius 3 is 2.70 bits per heavy atom. The number of hydrogen-bond donors (Lipinski definition) is 0. The minimum Gasteiger partial charge on any atom is -0.497 e. The van der Waals surface area contributed by atoms with Crippen LogP contribution in [0.1, 0.15) is 12.8 Å². The molecular formula is C20H27N5O2. The van der Waals surface area contributed by atoms with Gasteiger partial charge in [-0.15, -0.1) is 5.10 Å². The number of hydrogen-bond acceptors (Lipinski definition) is 5. The quantitative estimate of drug-likeness (QED) is 0.804. The van der Waals surface area contributed by atoms with Crippen molar-refractivity contribution >= 4 is 5.91 Å². The van der Waals surface area contributed by atoms with Gasteiger partial charge in [-0.2, -0.15) is 0 Å². The highest BCUT2D eigenvalue weighted by Gasteiger charge is 2.43. The third-order valence-electron chi connectivity index (χ3n) is 5.96. The molecule has 0 N–H and O–H groups in total. The van der Waals surface area contributed by atoms with Crippen molar-refractivity contribution in [1.82, 2.24) is 24.8 Å². The molecule has 5 rings (SSSR count). The number of carbonyl (C=O) groups excluding carboxylic acids is 1. The van der Waals surface area contributed by atoms with Gasteiger partial charge in [0.2, 0.25) is 5.91 Å². The molecule has 2 aromatic rings. The fraction of sp³-hybridized carbons (Fsp3) is 0.550. The molecule has 3 aliphatic heterocycles. The van der Waals surface area contributed by atoms with Crippen LogP contribution >= 0.6 is 0 Å². The number of amides is 1. The molecule has 2 bridgehead atoms. The summed E-state index contributed by atoms with van der Waals surface area (Å²) < 4.78 is 7.14. The average Bonchev–Trinajstić information content (AvgIpc) is 3.16. The van der Waals surface area contributed by atoms with Gasteiger partial charge < -0.3 is 9.64 Å². The van der Waals surface area contributed by atoms with Crippen LogP contribution in [0.5, 0.6) is 5.75 Å². The van der Waals surface area contributed by atoms with Crippen LogP contribution in [0, 0.1) is 11.8 Å². The molecule has 7 heteroatoms. The summed E-state index contributed by atoms with van der Waals surface area (Å²) in [6.07, 6.45) is 4.19. The van der Waals surface area contributed by atoms with Gasteiger partial charge >= 0.3 is 0 Å². The van der Waals surface area contributed by atoms with Gasteiger partial charge in [0.05, 0.1) is 25.8 Å². The van der Waals surface area contributed by atoms with E-state index in [-0.39, 0.29) is 11.8 Å². The molecule has 3 fully saturated rings. The number of aromatic nitrogens is 3. The number of piperidine rings is 3. The van der Waals surface area contributed by atoms with E-state index < -0.39 is 0 Å². The first kappa shape index (κ1) is 18.0. The lowest BCUT2D eigenvalue weighted by atomic mass is 9.75. The van der Waals surface area contributed by atoms with Gasteiger partial charge in [0.1, 0.15) is 11.4 Å². The van der Waals surface area contributed by atoms with Crippen molar-refractivity contribution in [2.24, 2.45) is 11.8 Å². The highest BCUT2D eigenvalue weighted by atomic mass is 16.5. The van der Waals surface area contributed by atoms with Crippen LogP contribution in [0.15, 0.2) is 30.5 Å². The predicted molar refractivity (Wildman–Crippen MR) is 102 cm³/mol. The molecule has 27 heavy (non-hydrogen) atoms. The van der Waals surface area contributed by atoms with E-state index in [1.165, 1.54) is 0 Å². The number of ether oxygens (including phenoxy) is 1. The summed E-state index contributed by atoms with van der Waals surface area (Å²) in [6, 6.07) is 8.29. The first-order valence-corrected chi connectivity index (χ1v) is 9.55. The Morgan fingerprint density at radius 1 is 1.30 bits per heavy atom. The molecule has 4 heterocycles. The molecule has 3 saturated heterocycles. The number of carbonyl (C=O) groups is 1. The van der Waals surface area contributed by atoms with Gasteiger partial charge in [-0.1, -0.05) is 5.21 Å². The molecule has 144 valence electrons. The first-order valence-electron chi connectivity index (χ1n) is 9.55. The van der Waals surface area contributed by atoms with E-state index in [0.29, 0.717) is 12.0 Å². The van der Waals surface area contributed by atoms with Crippen molar-refractivity contribution in [2.45, 2.75) is 25.4 Å². The highest BCUT2D eigenvalue weighted by Crippen LogP contribution is 2.37. The van der Waals surface area contributed by atoms with Gasteiger partial charge in [0, 0.05) is 32.2 Å². The van der Waals surface area contributed by atoms with Gasteiger partial charge in [0.25, 0.3) is 0 Å². The normalized spacial score (nSPS) is 26.8. The Hall–Kier alpha value is -2.41. The minimum absolute atomic E-state index is 0.149. The summed E-state index contributed by atoms with van der Waals surface area (Å²) in [5, 5.41) is 8.66. The Morgan fingerprint density at radius 2 is 2.07 bits per heavy atom. The third kappa shape index (κ3) is 3.56. The van der Waals surface area contributed by atoms with Crippen LogP contribution in [-0.2, 0) is 11.3 Å². The minimum atomic E-state index is 0.149. The number of nitrogens with zero attached hydrogens (tertiary/aromatic N) is 5. The number of fused-ring (bicyclic) bond motifs is 3. The summed E-state index contributed by atoms with van der Waals surface area (Å²) in [4.78, 5) is 16.6. The number of benzene rings is 1. The lowest BCUT2D eigenvalue weighted by Gasteiger charge is -2.49. The van der Waals surface area contributed by atoms with Crippen molar-refractivity contribution < 1.29 is 9.53 Å². The largest absolute Gasteiger partial charge is 0.497 e. The molecule has 0 saturated carbocycles. The van der Waals surface area contributed by atoms with Gasteiger partial charge in [-0.25, -0.2) is 0 Å². The van der Waals surface area contributed by atoms with E-state index in [1.54, 1.807) is 12.0 Å². The van der Waals surface area contributed by atoms with Crippen LogP contribution in [0.3, 0.4) is 0 Å². The van der Waals surface area contributed by atoms with Crippen LogP contribution in [0.2, 0.25) is 0 Å². The molecular weight excluding hydrogens is 342 g/mol. The van der Waals surface area contributed by atoms with Crippen molar-refractivity contribution in [3.8, 4) is 17.0 Å². The zero-order valence-corrected chi connectivity index (χ0v) is 16.2. The molecule has 7 nitrogen and oxygen atoms in total. The topological polar surface area (TPSA) is 63.5 Å². The van der Waals surface area contributed by atoms with Crippen LogP contribution < -0.4 is 4.74 Å². The molecule has 0 radical (unpaired) electrons. The summed E-state index contributed by atoms with van der Waals surface area (Å²) in [7, 11) is 5.37. The van der Waals surface area contributed by atoms with E-state index in [0.717, 1.165) is 49.5 Å². The maximum absolute atomic E-state index is 12.4. The zero-order chi connectivity index (χ0) is 19.0. The van der Waals surface area contributed by atoms with Gasteiger partial charge in [0.15, 0.2) is 0 Å². The zero-order valence-electron chi connectivity index (χ0n) is 16.2. The number of methoxy groups -OCH3 is 1. The van der Waals surface area contributed by atoms with Crippen molar-refractivity contribution in [1.29, 1.82) is 0 Å². The van der Waals surface area contributed by atoms with E-state index in [9.17, 15) is 4.79 Å². The summed E-state index contributed by atoms with van der Waals surface area (Å²) in [5.41, 5.74) is 1.90. The maximum atomic E-state index is 12.4. The lowest BCUT2D eigenvalue weighted by molar-refractivity contribution is -0.141. The Balaban J connectivity index is 1.42. The summed E-state index contributed by atoms with van der Waals surface area (Å²) in [5.74, 6) is 1.74. The molecule has 1 aromatic heterocycles. The second-order valence-corrected chi connectivity index (χ2v) is 7.83. The first-order chi connectivity index (χ1) is 13.0. The van der Waals surface area contributed by atoms with E-state index in [2.05, 4.69) is 15.2 Å². The summed E-state index contributed by atoms with van der Waals surface area (Å²) in [6.45, 7) is 2.77. The molecule has 1 unspecified atom stereocenters. The third-order valence-corrected chi connectivity index (χ3v) is 5.96. The molecule has 1 aromatic carbocycles. The Kier molecular flexibility index (Phi) is 4.86. The number of rotatable bonds is 5. The predicted octanol–water partition coefficient (Wildman–Crippen LogP) is 1.75. The van der Waals surface area contributed by atoms with Crippen LogP contribution in [0.4, 0.5) is 0 Å². The fourth-order valence-corrected chi connectivity index (χ4v) is 4.44. The molecule has 0 spiro atoms. The average molecular weight is 369 g/mol. The van der Waals surface area contributed by atoms with Crippen LogP contribution in [0.25, 0.3) is 11.3 Å². The summed E-state index contributed by atoms with van der Waals surface area (Å²) >= 11 is 0. The molecule has 1 amide bonds.